The highest BCUT2D eigenvalue weighted by Crippen LogP contribution is 2.20. The smallest absolute Gasteiger partial charge is 0.325 e. The highest BCUT2D eigenvalue weighted by Gasteiger charge is 2.37. The lowest BCUT2D eigenvalue weighted by molar-refractivity contribution is -0.159. The Balaban J connectivity index is 0.00000194. The van der Waals surface area contributed by atoms with Crippen LogP contribution in [0.25, 0.3) is 0 Å². The number of ether oxygens (including phenoxy) is 2. The van der Waals surface area contributed by atoms with Crippen LogP contribution in [0, 0.1) is 11.8 Å². The predicted molar refractivity (Wildman–Crippen MR) is 104 cm³/mol. The van der Waals surface area contributed by atoms with E-state index in [1.807, 2.05) is 13.8 Å². The lowest BCUT2D eigenvalue weighted by Gasteiger charge is -2.37. The molecule has 1 rings (SSSR count). The van der Waals surface area contributed by atoms with Crippen LogP contribution in [0.2, 0.25) is 0 Å². The van der Waals surface area contributed by atoms with Crippen LogP contribution in [-0.2, 0) is 19.1 Å². The number of amides is 1. The van der Waals surface area contributed by atoms with Gasteiger partial charge in [-0.05, 0) is 31.9 Å². The van der Waals surface area contributed by atoms with Gasteiger partial charge in [0.15, 0.2) is 0 Å². The summed E-state index contributed by atoms with van der Waals surface area (Å²) < 4.78 is 10.5. The number of allylic oxidation sites excluding steroid dienone is 3. The quantitative estimate of drug-likeness (QED) is 0.326. The van der Waals surface area contributed by atoms with Crippen LogP contribution in [0.15, 0.2) is 36.5 Å². The SMILES string of the molecule is C=C/C=C(\C)C#CC1C(C(=C)C)OCC(=O)N1CC(=O)OCC.CCC. The van der Waals surface area contributed by atoms with Gasteiger partial charge in [0.25, 0.3) is 0 Å². The molecule has 0 aromatic heterocycles. The third kappa shape index (κ3) is 8.17. The van der Waals surface area contributed by atoms with Crippen LogP contribution < -0.4 is 0 Å². The first-order valence-corrected chi connectivity index (χ1v) is 8.85. The lowest BCUT2D eigenvalue weighted by Crippen LogP contribution is -2.55. The summed E-state index contributed by atoms with van der Waals surface area (Å²) >= 11 is 0. The van der Waals surface area contributed by atoms with Gasteiger partial charge in [0.2, 0.25) is 5.91 Å². The molecule has 2 unspecified atom stereocenters. The van der Waals surface area contributed by atoms with Gasteiger partial charge in [0.05, 0.1) is 6.61 Å². The van der Waals surface area contributed by atoms with E-state index in [1.165, 1.54) is 11.3 Å². The molecule has 5 heteroatoms. The molecule has 1 saturated heterocycles. The van der Waals surface area contributed by atoms with Crippen LogP contribution in [0.5, 0.6) is 0 Å². The van der Waals surface area contributed by atoms with Crippen molar-refractivity contribution in [3.05, 3.63) is 36.5 Å². The Morgan fingerprint density at radius 1 is 1.38 bits per heavy atom. The van der Waals surface area contributed by atoms with Crippen molar-refractivity contribution in [2.75, 3.05) is 19.8 Å². The van der Waals surface area contributed by atoms with E-state index in [0.717, 1.165) is 11.1 Å². The van der Waals surface area contributed by atoms with E-state index in [2.05, 4.69) is 38.8 Å². The Bertz CT molecular complexity index is 595. The van der Waals surface area contributed by atoms with Crippen LogP contribution in [-0.4, -0.2) is 48.7 Å². The Labute approximate surface area is 157 Å². The van der Waals surface area contributed by atoms with Crippen LogP contribution in [0.1, 0.15) is 41.0 Å². The second-order valence-corrected chi connectivity index (χ2v) is 5.91. The van der Waals surface area contributed by atoms with Crippen molar-refractivity contribution >= 4 is 11.9 Å². The molecule has 0 aromatic carbocycles. The van der Waals surface area contributed by atoms with Gasteiger partial charge >= 0.3 is 5.97 Å². The summed E-state index contributed by atoms with van der Waals surface area (Å²) in [6.07, 6.45) is 4.22. The van der Waals surface area contributed by atoms with Crippen molar-refractivity contribution in [3.8, 4) is 11.8 Å². The fraction of sp³-hybridized carbons (Fsp3) is 0.524. The Morgan fingerprint density at radius 2 is 2.00 bits per heavy atom. The fourth-order valence-electron chi connectivity index (χ4n) is 2.16. The Hall–Kier alpha value is -2.32. The van der Waals surface area contributed by atoms with Gasteiger partial charge < -0.3 is 14.4 Å². The van der Waals surface area contributed by atoms with E-state index in [9.17, 15) is 9.59 Å². The molecule has 144 valence electrons. The van der Waals surface area contributed by atoms with Gasteiger partial charge in [0.1, 0.15) is 25.3 Å². The maximum atomic E-state index is 12.1. The Kier molecular flexibility index (Phi) is 11.8. The van der Waals surface area contributed by atoms with Crippen LogP contribution >= 0.6 is 0 Å². The average Bonchev–Trinajstić information content (AvgIpc) is 2.56. The van der Waals surface area contributed by atoms with Gasteiger partial charge in [-0.3, -0.25) is 9.59 Å². The number of hydrogen-bond acceptors (Lipinski definition) is 4. The summed E-state index contributed by atoms with van der Waals surface area (Å²) in [6.45, 7) is 17.1. The topological polar surface area (TPSA) is 55.8 Å². The predicted octanol–water partition coefficient (Wildman–Crippen LogP) is 3.27. The molecule has 0 aliphatic carbocycles. The molecule has 1 amide bonds. The summed E-state index contributed by atoms with van der Waals surface area (Å²) in [5, 5.41) is 0. The molecule has 26 heavy (non-hydrogen) atoms. The van der Waals surface area contributed by atoms with E-state index >= 15 is 0 Å². The molecule has 2 atom stereocenters. The number of nitrogens with zero attached hydrogens (tertiary/aromatic N) is 1. The third-order valence-corrected chi connectivity index (χ3v) is 3.20. The summed E-state index contributed by atoms with van der Waals surface area (Å²) in [7, 11) is 0. The van der Waals surface area contributed by atoms with Crippen LogP contribution in [0.3, 0.4) is 0 Å². The van der Waals surface area contributed by atoms with Crippen molar-refractivity contribution in [3.63, 3.8) is 0 Å². The minimum Gasteiger partial charge on any atom is -0.465 e. The third-order valence-electron chi connectivity index (χ3n) is 3.20. The van der Waals surface area contributed by atoms with Crippen LogP contribution in [0.4, 0.5) is 0 Å². The van der Waals surface area contributed by atoms with E-state index < -0.39 is 18.1 Å². The number of carbonyl (C=O) groups is 2. The van der Waals surface area contributed by atoms with Crippen molar-refractivity contribution in [2.45, 2.75) is 53.2 Å². The lowest BCUT2D eigenvalue weighted by atomic mass is 10.0. The number of morpholine rings is 1. The van der Waals surface area contributed by atoms with Crippen molar-refractivity contribution in [2.24, 2.45) is 0 Å². The van der Waals surface area contributed by atoms with Crippen molar-refractivity contribution < 1.29 is 19.1 Å². The second kappa shape index (κ2) is 13.0. The molecular formula is C21H31NO4. The number of esters is 1. The molecule has 0 bridgehead atoms. The maximum Gasteiger partial charge on any atom is 0.325 e. The summed E-state index contributed by atoms with van der Waals surface area (Å²) in [5.74, 6) is 5.22. The minimum atomic E-state index is -0.577. The molecule has 0 saturated carbocycles. The highest BCUT2D eigenvalue weighted by molar-refractivity contribution is 5.84. The van der Waals surface area contributed by atoms with Gasteiger partial charge in [-0.15, -0.1) is 0 Å². The largest absolute Gasteiger partial charge is 0.465 e. The van der Waals surface area contributed by atoms with E-state index in [0.29, 0.717) is 0 Å². The van der Waals surface area contributed by atoms with Gasteiger partial charge in [-0.2, -0.15) is 0 Å². The van der Waals surface area contributed by atoms with Gasteiger partial charge in [-0.1, -0.05) is 57.4 Å². The maximum absolute atomic E-state index is 12.1. The molecule has 0 N–H and O–H groups in total. The zero-order chi connectivity index (χ0) is 20.1. The zero-order valence-electron chi connectivity index (χ0n) is 16.6. The van der Waals surface area contributed by atoms with Crippen molar-refractivity contribution in [1.29, 1.82) is 0 Å². The first kappa shape index (κ1) is 23.7. The van der Waals surface area contributed by atoms with E-state index in [1.54, 1.807) is 19.1 Å². The molecule has 1 aliphatic heterocycles. The first-order chi connectivity index (χ1) is 12.3. The van der Waals surface area contributed by atoms with Gasteiger partial charge in [-0.25, -0.2) is 0 Å². The first-order valence-electron chi connectivity index (χ1n) is 8.85. The number of carbonyl (C=O) groups excluding carboxylic acids is 2. The molecule has 1 fully saturated rings. The highest BCUT2D eigenvalue weighted by atomic mass is 16.5. The summed E-state index contributed by atoms with van der Waals surface area (Å²) in [6, 6.07) is -0.577. The monoisotopic (exact) mass is 361 g/mol. The summed E-state index contributed by atoms with van der Waals surface area (Å²) in [4.78, 5) is 25.3. The Morgan fingerprint density at radius 3 is 2.50 bits per heavy atom. The molecule has 0 radical (unpaired) electrons. The molecule has 0 aromatic rings. The number of rotatable bonds is 5. The van der Waals surface area contributed by atoms with E-state index in [-0.39, 0.29) is 25.7 Å². The molecule has 0 spiro atoms. The fourth-order valence-corrected chi connectivity index (χ4v) is 2.16. The molecule has 1 heterocycles. The standard InChI is InChI=1S/C18H23NO4.C3H8/c1-6-8-14(5)9-10-15-18(13(3)4)23-12-16(20)19(15)11-17(21)22-7-2;1-3-2/h6,8,15,18H,1,3,7,11-12H2,2,4-5H3;3H2,1-2H3/b14-8+;. The number of hydrogen-bond donors (Lipinski definition) is 0. The average molecular weight is 361 g/mol. The zero-order valence-corrected chi connectivity index (χ0v) is 16.6. The molecule has 1 aliphatic rings. The second-order valence-electron chi connectivity index (χ2n) is 5.91. The molecule has 5 nitrogen and oxygen atoms in total. The normalized spacial score (nSPS) is 19.5. The summed E-state index contributed by atoms with van der Waals surface area (Å²) in [5.41, 5.74) is 1.55. The minimum absolute atomic E-state index is 0.101. The molecular weight excluding hydrogens is 330 g/mol. The van der Waals surface area contributed by atoms with E-state index in [4.69, 9.17) is 9.47 Å². The van der Waals surface area contributed by atoms with Gasteiger partial charge in [0, 0.05) is 0 Å². The van der Waals surface area contributed by atoms with Crippen molar-refractivity contribution in [1.82, 2.24) is 4.90 Å².